The minimum Gasteiger partial charge on any atom is -0.324 e. The number of rotatable bonds is 3. The van der Waals surface area contributed by atoms with Gasteiger partial charge in [0, 0.05) is 5.02 Å². The lowest BCUT2D eigenvalue weighted by molar-refractivity contribution is -0.115. The van der Waals surface area contributed by atoms with Gasteiger partial charge >= 0.3 is 0 Å². The Hall–Kier alpha value is -2.40. The summed E-state index contributed by atoms with van der Waals surface area (Å²) in [6, 6.07) is 12.7. The molecule has 0 atom stereocenters. The highest BCUT2D eigenvalue weighted by Crippen LogP contribution is 2.19. The summed E-state index contributed by atoms with van der Waals surface area (Å²) in [5.41, 5.74) is 2.86. The van der Waals surface area contributed by atoms with Gasteiger partial charge in [0.15, 0.2) is 0 Å². The molecule has 100 valence electrons. The molecule has 0 bridgehead atoms. The lowest BCUT2D eigenvalue weighted by atomic mass is 10.1. The molecule has 1 aromatic heterocycles. The van der Waals surface area contributed by atoms with Crippen molar-refractivity contribution in [1.29, 1.82) is 0 Å². The first-order valence-electron chi connectivity index (χ1n) is 6.06. The maximum Gasteiger partial charge on any atom is 0.228 e. The van der Waals surface area contributed by atoms with Crippen LogP contribution in [0.15, 0.2) is 42.5 Å². The summed E-state index contributed by atoms with van der Waals surface area (Å²) < 4.78 is 0. The number of aromatic nitrogens is 3. The van der Waals surface area contributed by atoms with Crippen molar-refractivity contribution in [2.75, 3.05) is 5.32 Å². The molecule has 6 heteroatoms. The van der Waals surface area contributed by atoms with Crippen LogP contribution in [0.1, 0.15) is 5.56 Å². The van der Waals surface area contributed by atoms with E-state index < -0.39 is 0 Å². The minimum absolute atomic E-state index is 0.122. The van der Waals surface area contributed by atoms with E-state index in [0.717, 1.165) is 5.56 Å². The molecule has 2 N–H and O–H groups in total. The van der Waals surface area contributed by atoms with Crippen LogP contribution in [0.5, 0.6) is 0 Å². The maximum absolute atomic E-state index is 12.0. The second-order valence-electron chi connectivity index (χ2n) is 4.35. The lowest BCUT2D eigenvalue weighted by Crippen LogP contribution is -2.14. The predicted molar refractivity (Wildman–Crippen MR) is 77.7 cm³/mol. The number of anilines is 1. The molecule has 0 saturated carbocycles. The first-order chi connectivity index (χ1) is 9.72. The number of benzene rings is 2. The van der Waals surface area contributed by atoms with Crippen molar-refractivity contribution in [1.82, 2.24) is 15.4 Å². The van der Waals surface area contributed by atoms with Crippen molar-refractivity contribution in [3.8, 4) is 0 Å². The van der Waals surface area contributed by atoms with Crippen LogP contribution in [0.2, 0.25) is 5.02 Å². The highest BCUT2D eigenvalue weighted by Gasteiger charge is 2.09. The summed E-state index contributed by atoms with van der Waals surface area (Å²) in [6.45, 7) is 0. The van der Waals surface area contributed by atoms with E-state index in [0.29, 0.717) is 21.7 Å². The van der Waals surface area contributed by atoms with E-state index in [-0.39, 0.29) is 12.3 Å². The van der Waals surface area contributed by atoms with Crippen LogP contribution >= 0.6 is 11.6 Å². The number of carbonyl (C=O) groups excluding carboxylic acids is 1. The second-order valence-corrected chi connectivity index (χ2v) is 4.79. The van der Waals surface area contributed by atoms with E-state index in [1.54, 1.807) is 18.2 Å². The topological polar surface area (TPSA) is 70.7 Å². The van der Waals surface area contributed by atoms with Crippen LogP contribution in [0, 0.1) is 0 Å². The van der Waals surface area contributed by atoms with E-state index in [2.05, 4.69) is 20.7 Å². The number of fused-ring (bicyclic) bond motifs is 1. The van der Waals surface area contributed by atoms with Gasteiger partial charge < -0.3 is 5.32 Å². The van der Waals surface area contributed by atoms with Gasteiger partial charge in [0.1, 0.15) is 11.0 Å². The standard InChI is InChI=1S/C14H11ClN4O/c15-10-4-1-3-9(7-10)8-13(20)16-11-5-2-6-12-14(11)18-19-17-12/h1-7H,8H2,(H,16,20)(H,17,18,19). The van der Waals surface area contributed by atoms with E-state index in [4.69, 9.17) is 11.6 Å². The number of H-pyrrole nitrogens is 1. The Kier molecular flexibility index (Phi) is 3.35. The summed E-state index contributed by atoms with van der Waals surface area (Å²) in [4.78, 5) is 12.0. The molecule has 1 amide bonds. The molecular formula is C14H11ClN4O. The van der Waals surface area contributed by atoms with Crippen molar-refractivity contribution < 1.29 is 4.79 Å². The molecule has 3 aromatic rings. The lowest BCUT2D eigenvalue weighted by Gasteiger charge is -2.05. The Morgan fingerprint density at radius 2 is 2.05 bits per heavy atom. The molecule has 5 nitrogen and oxygen atoms in total. The average Bonchev–Trinajstić information content (AvgIpc) is 2.88. The van der Waals surface area contributed by atoms with Crippen LogP contribution in [0.4, 0.5) is 5.69 Å². The smallest absolute Gasteiger partial charge is 0.228 e. The van der Waals surface area contributed by atoms with Crippen LogP contribution < -0.4 is 5.32 Å². The van der Waals surface area contributed by atoms with Crippen molar-refractivity contribution in [3.63, 3.8) is 0 Å². The number of halogens is 1. The van der Waals surface area contributed by atoms with Crippen molar-refractivity contribution in [2.24, 2.45) is 0 Å². The number of nitrogens with one attached hydrogen (secondary N) is 2. The molecule has 0 radical (unpaired) electrons. The molecule has 0 spiro atoms. The van der Waals surface area contributed by atoms with Gasteiger partial charge in [-0.15, -0.1) is 0 Å². The Bertz CT molecular complexity index is 768. The number of para-hydroxylation sites is 1. The number of hydrogen-bond acceptors (Lipinski definition) is 3. The van der Waals surface area contributed by atoms with Gasteiger partial charge in [0.25, 0.3) is 0 Å². The van der Waals surface area contributed by atoms with Crippen molar-refractivity contribution >= 4 is 34.2 Å². The zero-order chi connectivity index (χ0) is 13.9. The van der Waals surface area contributed by atoms with E-state index in [1.165, 1.54) is 0 Å². The summed E-state index contributed by atoms with van der Waals surface area (Å²) in [5.74, 6) is -0.122. The molecule has 0 unspecified atom stereocenters. The number of carbonyl (C=O) groups is 1. The largest absolute Gasteiger partial charge is 0.324 e. The fraction of sp³-hybridized carbons (Fsp3) is 0.0714. The number of amides is 1. The summed E-state index contributed by atoms with van der Waals surface area (Å²) in [5, 5.41) is 14.0. The average molecular weight is 287 g/mol. The van der Waals surface area contributed by atoms with Gasteiger partial charge in [0.2, 0.25) is 5.91 Å². The molecule has 20 heavy (non-hydrogen) atoms. The van der Waals surface area contributed by atoms with Crippen LogP contribution in [-0.2, 0) is 11.2 Å². The van der Waals surface area contributed by atoms with Gasteiger partial charge in [-0.25, -0.2) is 0 Å². The van der Waals surface area contributed by atoms with Crippen LogP contribution in [0.3, 0.4) is 0 Å². The molecule has 2 aromatic carbocycles. The van der Waals surface area contributed by atoms with E-state index in [9.17, 15) is 4.79 Å². The van der Waals surface area contributed by atoms with Gasteiger partial charge in [-0.2, -0.15) is 15.4 Å². The van der Waals surface area contributed by atoms with Gasteiger partial charge in [0.05, 0.1) is 12.1 Å². The monoisotopic (exact) mass is 286 g/mol. The van der Waals surface area contributed by atoms with Gasteiger partial charge in [-0.05, 0) is 29.8 Å². The molecular weight excluding hydrogens is 276 g/mol. The van der Waals surface area contributed by atoms with Gasteiger partial charge in [-0.1, -0.05) is 29.8 Å². The zero-order valence-electron chi connectivity index (χ0n) is 10.4. The van der Waals surface area contributed by atoms with E-state index >= 15 is 0 Å². The fourth-order valence-corrected chi connectivity index (χ4v) is 2.21. The summed E-state index contributed by atoms with van der Waals surface area (Å²) in [6.07, 6.45) is 0.259. The van der Waals surface area contributed by atoms with Crippen molar-refractivity contribution in [3.05, 3.63) is 53.1 Å². The Morgan fingerprint density at radius 1 is 1.20 bits per heavy atom. The SMILES string of the molecule is O=C(Cc1cccc(Cl)c1)Nc1cccc2n[nH]nc12. The molecule has 0 saturated heterocycles. The predicted octanol–water partition coefficient (Wildman–Crippen LogP) is 2.79. The third-order valence-electron chi connectivity index (χ3n) is 2.87. The minimum atomic E-state index is -0.122. The molecule has 1 heterocycles. The fourth-order valence-electron chi connectivity index (χ4n) is 2.00. The molecule has 0 fully saturated rings. The first-order valence-corrected chi connectivity index (χ1v) is 6.44. The number of nitrogens with zero attached hydrogens (tertiary/aromatic N) is 2. The normalized spacial score (nSPS) is 10.7. The second kappa shape index (κ2) is 5.30. The first kappa shape index (κ1) is 12.6. The highest BCUT2D eigenvalue weighted by atomic mass is 35.5. The van der Waals surface area contributed by atoms with Crippen molar-refractivity contribution in [2.45, 2.75) is 6.42 Å². The molecule has 0 aliphatic rings. The number of hydrogen-bond donors (Lipinski definition) is 2. The molecule has 0 aliphatic heterocycles. The van der Waals surface area contributed by atoms with Gasteiger partial charge in [-0.3, -0.25) is 4.79 Å². The number of aromatic amines is 1. The van der Waals surface area contributed by atoms with Crippen LogP contribution in [0.25, 0.3) is 11.0 Å². The van der Waals surface area contributed by atoms with E-state index in [1.807, 2.05) is 24.3 Å². The quantitative estimate of drug-likeness (QED) is 0.778. The Morgan fingerprint density at radius 3 is 2.90 bits per heavy atom. The Balaban J connectivity index is 1.77. The highest BCUT2D eigenvalue weighted by molar-refractivity contribution is 6.30. The molecule has 0 aliphatic carbocycles. The summed E-state index contributed by atoms with van der Waals surface area (Å²) in [7, 11) is 0. The Labute approximate surface area is 120 Å². The summed E-state index contributed by atoms with van der Waals surface area (Å²) >= 11 is 5.90. The van der Waals surface area contributed by atoms with Crippen LogP contribution in [-0.4, -0.2) is 21.3 Å². The molecule has 3 rings (SSSR count). The third kappa shape index (κ3) is 2.62. The zero-order valence-corrected chi connectivity index (χ0v) is 11.2. The third-order valence-corrected chi connectivity index (χ3v) is 3.11. The maximum atomic E-state index is 12.0.